The summed E-state index contributed by atoms with van der Waals surface area (Å²) in [5, 5.41) is 21.9. The van der Waals surface area contributed by atoms with E-state index >= 15 is 0 Å². The molecule has 1 aromatic heterocycles. The second-order valence-corrected chi connectivity index (χ2v) is 8.08. The van der Waals surface area contributed by atoms with Gasteiger partial charge in [-0.05, 0) is 50.6 Å². The Morgan fingerprint density at radius 3 is 2.77 bits per heavy atom. The standard InChI is InChI=1S/C21H23ClN4O3S/c1-4-26-19(11-29-18-8-5-13(2)9-14(18)3)24-25-21(26)30-12-20(28)23-16-10-15(22)6-7-17(16)27/h5-10,27H,4,11-12H2,1-3H3,(H,23,28). The van der Waals surface area contributed by atoms with Gasteiger partial charge in [-0.25, -0.2) is 0 Å². The summed E-state index contributed by atoms with van der Waals surface area (Å²) in [6, 6.07) is 10.5. The van der Waals surface area contributed by atoms with Gasteiger partial charge in [0.1, 0.15) is 18.1 Å². The number of halogens is 1. The van der Waals surface area contributed by atoms with Crippen molar-refractivity contribution >= 4 is 35.0 Å². The molecule has 30 heavy (non-hydrogen) atoms. The molecule has 0 saturated carbocycles. The van der Waals surface area contributed by atoms with Gasteiger partial charge in [0.15, 0.2) is 11.0 Å². The number of carbonyl (C=O) groups excluding carboxylic acids is 1. The maximum Gasteiger partial charge on any atom is 0.234 e. The van der Waals surface area contributed by atoms with Gasteiger partial charge in [0.25, 0.3) is 0 Å². The lowest BCUT2D eigenvalue weighted by atomic mass is 10.1. The number of amides is 1. The molecule has 0 aliphatic carbocycles. The molecule has 3 rings (SSSR count). The minimum Gasteiger partial charge on any atom is -0.506 e. The second kappa shape index (κ2) is 9.86. The van der Waals surface area contributed by atoms with E-state index in [1.807, 2.05) is 37.5 Å². The van der Waals surface area contributed by atoms with Gasteiger partial charge < -0.3 is 19.7 Å². The molecular formula is C21H23ClN4O3S. The number of nitrogens with one attached hydrogen (secondary N) is 1. The van der Waals surface area contributed by atoms with Gasteiger partial charge in [-0.15, -0.1) is 10.2 Å². The van der Waals surface area contributed by atoms with Crippen molar-refractivity contribution in [3.8, 4) is 11.5 Å². The molecule has 9 heteroatoms. The van der Waals surface area contributed by atoms with Crippen LogP contribution in [0.3, 0.4) is 0 Å². The smallest absolute Gasteiger partial charge is 0.234 e. The Hall–Kier alpha value is -2.71. The SMILES string of the molecule is CCn1c(COc2ccc(C)cc2C)nnc1SCC(=O)Nc1cc(Cl)ccc1O. The zero-order valence-corrected chi connectivity index (χ0v) is 18.5. The Morgan fingerprint density at radius 1 is 1.23 bits per heavy atom. The minimum atomic E-state index is -0.281. The average molecular weight is 447 g/mol. The van der Waals surface area contributed by atoms with Crippen LogP contribution in [0.4, 0.5) is 5.69 Å². The summed E-state index contributed by atoms with van der Waals surface area (Å²) in [6.45, 7) is 6.96. The molecule has 2 N–H and O–H groups in total. The predicted octanol–water partition coefficient (Wildman–Crippen LogP) is 4.58. The number of hydrogen-bond donors (Lipinski definition) is 2. The molecule has 0 saturated heterocycles. The highest BCUT2D eigenvalue weighted by Crippen LogP contribution is 2.27. The second-order valence-electron chi connectivity index (χ2n) is 6.70. The van der Waals surface area contributed by atoms with Gasteiger partial charge in [-0.1, -0.05) is 41.1 Å². The van der Waals surface area contributed by atoms with Crippen LogP contribution in [-0.4, -0.2) is 31.5 Å². The van der Waals surface area contributed by atoms with Crippen molar-refractivity contribution in [3.63, 3.8) is 0 Å². The molecule has 0 spiro atoms. The highest BCUT2D eigenvalue weighted by molar-refractivity contribution is 7.99. The van der Waals surface area contributed by atoms with Crippen LogP contribution >= 0.6 is 23.4 Å². The van der Waals surface area contributed by atoms with E-state index in [1.165, 1.54) is 29.5 Å². The maximum atomic E-state index is 12.3. The van der Waals surface area contributed by atoms with E-state index in [1.54, 1.807) is 6.07 Å². The Morgan fingerprint density at radius 2 is 2.03 bits per heavy atom. The monoisotopic (exact) mass is 446 g/mol. The van der Waals surface area contributed by atoms with Crippen LogP contribution in [0.5, 0.6) is 11.5 Å². The topological polar surface area (TPSA) is 89.3 Å². The summed E-state index contributed by atoms with van der Waals surface area (Å²) in [7, 11) is 0. The van der Waals surface area contributed by atoms with E-state index in [0.717, 1.165) is 11.3 Å². The van der Waals surface area contributed by atoms with Gasteiger partial charge in [0.05, 0.1) is 11.4 Å². The van der Waals surface area contributed by atoms with E-state index in [4.69, 9.17) is 16.3 Å². The molecule has 0 bridgehead atoms. The van der Waals surface area contributed by atoms with Gasteiger partial charge >= 0.3 is 0 Å². The molecule has 1 amide bonds. The number of rotatable bonds is 8. The van der Waals surface area contributed by atoms with Crippen molar-refractivity contribution in [2.24, 2.45) is 0 Å². The number of benzene rings is 2. The number of aromatic hydroxyl groups is 1. The Bertz CT molecular complexity index is 1050. The number of phenolic OH excluding ortho intramolecular Hbond substituents is 1. The third-order valence-electron chi connectivity index (χ3n) is 4.36. The summed E-state index contributed by atoms with van der Waals surface area (Å²) in [4.78, 5) is 12.3. The Labute approximate surface area is 184 Å². The van der Waals surface area contributed by atoms with Gasteiger partial charge in [0.2, 0.25) is 5.91 Å². The van der Waals surface area contributed by atoms with Crippen molar-refractivity contribution in [3.05, 3.63) is 58.4 Å². The van der Waals surface area contributed by atoms with Crippen LogP contribution in [0.1, 0.15) is 23.9 Å². The number of hydrogen-bond acceptors (Lipinski definition) is 6. The average Bonchev–Trinajstić information content (AvgIpc) is 3.10. The molecule has 0 atom stereocenters. The maximum absolute atomic E-state index is 12.3. The molecule has 7 nitrogen and oxygen atoms in total. The molecular weight excluding hydrogens is 424 g/mol. The largest absolute Gasteiger partial charge is 0.506 e. The van der Waals surface area contributed by atoms with Crippen LogP contribution in [0.15, 0.2) is 41.6 Å². The zero-order valence-electron chi connectivity index (χ0n) is 17.0. The summed E-state index contributed by atoms with van der Waals surface area (Å²) < 4.78 is 7.83. The molecule has 0 radical (unpaired) electrons. The predicted molar refractivity (Wildman–Crippen MR) is 118 cm³/mol. The number of thioether (sulfide) groups is 1. The minimum absolute atomic E-state index is 0.0414. The number of aryl methyl sites for hydroxylation is 2. The van der Waals surface area contributed by atoms with E-state index in [2.05, 4.69) is 21.6 Å². The van der Waals surface area contributed by atoms with Crippen molar-refractivity contribution < 1.29 is 14.6 Å². The first-order chi connectivity index (χ1) is 14.4. The molecule has 0 unspecified atom stereocenters. The number of aromatic nitrogens is 3. The van der Waals surface area contributed by atoms with E-state index in [9.17, 15) is 9.90 Å². The normalized spacial score (nSPS) is 10.8. The number of carbonyl (C=O) groups is 1. The molecule has 3 aromatic rings. The van der Waals surface area contributed by atoms with Crippen LogP contribution in [0.2, 0.25) is 5.02 Å². The zero-order chi connectivity index (χ0) is 21.7. The van der Waals surface area contributed by atoms with Gasteiger partial charge in [0, 0.05) is 11.6 Å². The molecule has 158 valence electrons. The summed E-state index contributed by atoms with van der Waals surface area (Å²) in [5.74, 6) is 1.28. The number of anilines is 1. The van der Waals surface area contributed by atoms with E-state index in [-0.39, 0.29) is 29.7 Å². The third kappa shape index (κ3) is 5.46. The van der Waals surface area contributed by atoms with Crippen molar-refractivity contribution in [2.45, 2.75) is 39.1 Å². The summed E-state index contributed by atoms with van der Waals surface area (Å²) in [6.07, 6.45) is 0. The Balaban J connectivity index is 1.61. The molecule has 0 fully saturated rings. The summed E-state index contributed by atoms with van der Waals surface area (Å²) >= 11 is 7.17. The Kier molecular flexibility index (Phi) is 7.23. The van der Waals surface area contributed by atoms with Gasteiger partial charge in [-0.2, -0.15) is 0 Å². The third-order valence-corrected chi connectivity index (χ3v) is 5.56. The van der Waals surface area contributed by atoms with Crippen molar-refractivity contribution in [2.75, 3.05) is 11.1 Å². The number of phenols is 1. The highest BCUT2D eigenvalue weighted by atomic mass is 35.5. The lowest BCUT2D eigenvalue weighted by molar-refractivity contribution is -0.113. The van der Waals surface area contributed by atoms with Crippen LogP contribution < -0.4 is 10.1 Å². The lowest BCUT2D eigenvalue weighted by Gasteiger charge is -2.11. The van der Waals surface area contributed by atoms with E-state index < -0.39 is 0 Å². The molecule has 1 heterocycles. The first-order valence-electron chi connectivity index (χ1n) is 9.40. The van der Waals surface area contributed by atoms with Crippen molar-refractivity contribution in [1.82, 2.24) is 14.8 Å². The molecule has 0 aliphatic rings. The molecule has 0 aliphatic heterocycles. The van der Waals surface area contributed by atoms with Crippen molar-refractivity contribution in [1.29, 1.82) is 0 Å². The fraction of sp³-hybridized carbons (Fsp3) is 0.286. The van der Waals surface area contributed by atoms with Gasteiger partial charge in [-0.3, -0.25) is 4.79 Å². The first-order valence-corrected chi connectivity index (χ1v) is 10.8. The fourth-order valence-corrected chi connectivity index (χ4v) is 3.87. The van der Waals surface area contributed by atoms with Crippen LogP contribution in [0, 0.1) is 13.8 Å². The lowest BCUT2D eigenvalue weighted by Crippen LogP contribution is -2.15. The fourth-order valence-electron chi connectivity index (χ4n) is 2.88. The van der Waals surface area contributed by atoms with E-state index in [0.29, 0.717) is 22.5 Å². The van der Waals surface area contributed by atoms with Crippen LogP contribution in [-0.2, 0) is 17.9 Å². The quantitative estimate of drug-likeness (QED) is 0.388. The number of nitrogens with zero attached hydrogens (tertiary/aromatic N) is 3. The summed E-state index contributed by atoms with van der Waals surface area (Å²) in [5.41, 5.74) is 2.51. The highest BCUT2D eigenvalue weighted by Gasteiger charge is 2.15. The first kappa shape index (κ1) is 22.0. The number of ether oxygens (including phenoxy) is 1. The van der Waals surface area contributed by atoms with Crippen LogP contribution in [0.25, 0.3) is 0 Å². The molecule has 2 aromatic carbocycles.